The molecule has 1 atom stereocenters. The zero-order valence-corrected chi connectivity index (χ0v) is 9.17. The Morgan fingerprint density at radius 1 is 1.53 bits per heavy atom. The minimum absolute atomic E-state index is 0.0911. The van der Waals surface area contributed by atoms with Crippen molar-refractivity contribution in [3.8, 4) is 5.75 Å². The van der Waals surface area contributed by atoms with Gasteiger partial charge in [-0.05, 0) is 24.6 Å². The van der Waals surface area contributed by atoms with Crippen LogP contribution in [0.4, 0.5) is 5.69 Å². The van der Waals surface area contributed by atoms with E-state index in [0.29, 0.717) is 16.5 Å². The summed E-state index contributed by atoms with van der Waals surface area (Å²) in [5.41, 5.74) is 0.653. The fourth-order valence-corrected chi connectivity index (χ4v) is 1.75. The lowest BCUT2D eigenvalue weighted by Crippen LogP contribution is -2.36. The van der Waals surface area contributed by atoms with Crippen molar-refractivity contribution in [3.63, 3.8) is 0 Å². The molecule has 1 aromatic carbocycles. The minimum Gasteiger partial charge on any atom is -0.478 e. The van der Waals surface area contributed by atoms with Gasteiger partial charge in [-0.15, -0.1) is 0 Å². The molecule has 1 amide bonds. The topological polar surface area (TPSA) is 38.3 Å². The molecule has 0 aromatic heterocycles. The summed E-state index contributed by atoms with van der Waals surface area (Å²) in [5, 5.41) is 3.38. The van der Waals surface area contributed by atoms with Crippen LogP contribution in [-0.2, 0) is 4.79 Å². The molecule has 1 N–H and O–H groups in total. The number of rotatable bonds is 2. The third-order valence-electron chi connectivity index (χ3n) is 2.31. The molecule has 0 radical (unpaired) electrons. The lowest BCUT2D eigenvalue weighted by Gasteiger charge is -2.25. The molecule has 15 heavy (non-hydrogen) atoms. The van der Waals surface area contributed by atoms with Gasteiger partial charge in [0.2, 0.25) is 0 Å². The lowest BCUT2D eigenvalue weighted by atomic mass is 10.1. The molecular weight excluding hydrogens is 214 g/mol. The van der Waals surface area contributed by atoms with Gasteiger partial charge >= 0.3 is 0 Å². The van der Waals surface area contributed by atoms with Gasteiger partial charge < -0.3 is 10.1 Å². The molecule has 1 heterocycles. The zero-order chi connectivity index (χ0) is 10.8. The van der Waals surface area contributed by atoms with Crippen molar-refractivity contribution in [1.29, 1.82) is 0 Å². The number of carbonyl (C=O) groups excluding carboxylic acids is 1. The van der Waals surface area contributed by atoms with Crippen molar-refractivity contribution in [2.75, 3.05) is 5.32 Å². The maximum Gasteiger partial charge on any atom is 0.265 e. The predicted octanol–water partition coefficient (Wildman–Crippen LogP) is 2.84. The van der Waals surface area contributed by atoms with Crippen molar-refractivity contribution >= 4 is 23.2 Å². The Balaban J connectivity index is 2.26. The SMILES string of the molecule is CCCC1Oc2ccc(Cl)cc2NC1=O. The van der Waals surface area contributed by atoms with Crippen molar-refractivity contribution in [2.24, 2.45) is 0 Å². The largest absolute Gasteiger partial charge is 0.478 e. The fraction of sp³-hybridized carbons (Fsp3) is 0.364. The van der Waals surface area contributed by atoms with Crippen LogP contribution in [0.25, 0.3) is 0 Å². The van der Waals surface area contributed by atoms with Gasteiger partial charge in [0.25, 0.3) is 5.91 Å². The molecule has 0 saturated heterocycles. The van der Waals surface area contributed by atoms with E-state index < -0.39 is 0 Å². The van der Waals surface area contributed by atoms with E-state index in [2.05, 4.69) is 5.32 Å². The van der Waals surface area contributed by atoms with Gasteiger partial charge in [-0.25, -0.2) is 0 Å². The fourth-order valence-electron chi connectivity index (χ4n) is 1.57. The molecule has 80 valence electrons. The van der Waals surface area contributed by atoms with Crippen LogP contribution in [0.3, 0.4) is 0 Å². The maximum absolute atomic E-state index is 11.6. The first-order valence-electron chi connectivity index (χ1n) is 4.97. The van der Waals surface area contributed by atoms with Crippen LogP contribution in [0.15, 0.2) is 18.2 Å². The van der Waals surface area contributed by atoms with Gasteiger partial charge in [0, 0.05) is 5.02 Å². The summed E-state index contributed by atoms with van der Waals surface area (Å²) in [4.78, 5) is 11.6. The van der Waals surface area contributed by atoms with Gasteiger partial charge in [-0.2, -0.15) is 0 Å². The smallest absolute Gasteiger partial charge is 0.265 e. The summed E-state index contributed by atoms with van der Waals surface area (Å²) in [5.74, 6) is 0.601. The van der Waals surface area contributed by atoms with Crippen LogP contribution in [0.5, 0.6) is 5.75 Å². The molecule has 0 bridgehead atoms. The highest BCUT2D eigenvalue weighted by atomic mass is 35.5. The van der Waals surface area contributed by atoms with Gasteiger partial charge in [0.05, 0.1) is 5.69 Å². The molecule has 0 spiro atoms. The van der Waals surface area contributed by atoms with E-state index in [-0.39, 0.29) is 12.0 Å². The Hall–Kier alpha value is -1.22. The Morgan fingerprint density at radius 3 is 3.07 bits per heavy atom. The van der Waals surface area contributed by atoms with Gasteiger partial charge in [-0.3, -0.25) is 4.79 Å². The number of hydrogen-bond donors (Lipinski definition) is 1. The van der Waals surface area contributed by atoms with Crippen LogP contribution < -0.4 is 10.1 Å². The first kappa shape index (κ1) is 10.3. The van der Waals surface area contributed by atoms with Crippen molar-refractivity contribution in [3.05, 3.63) is 23.2 Å². The minimum atomic E-state index is -0.372. The molecule has 3 nitrogen and oxygen atoms in total. The van der Waals surface area contributed by atoms with Gasteiger partial charge in [0.15, 0.2) is 6.10 Å². The Labute approximate surface area is 93.4 Å². The van der Waals surface area contributed by atoms with Gasteiger partial charge in [0.1, 0.15) is 5.75 Å². The maximum atomic E-state index is 11.6. The first-order valence-corrected chi connectivity index (χ1v) is 5.35. The lowest BCUT2D eigenvalue weighted by molar-refractivity contribution is -0.123. The van der Waals surface area contributed by atoms with Crippen LogP contribution in [0.1, 0.15) is 19.8 Å². The number of benzene rings is 1. The molecule has 1 aliphatic heterocycles. The van der Waals surface area contributed by atoms with Gasteiger partial charge in [-0.1, -0.05) is 24.9 Å². The molecule has 0 saturated carbocycles. The number of amides is 1. The van der Waals surface area contributed by atoms with Crippen LogP contribution in [0.2, 0.25) is 5.02 Å². The Kier molecular flexibility index (Phi) is 2.82. The van der Waals surface area contributed by atoms with Crippen LogP contribution in [0, 0.1) is 0 Å². The second-order valence-corrected chi connectivity index (χ2v) is 3.96. The number of anilines is 1. The Morgan fingerprint density at radius 2 is 2.33 bits per heavy atom. The molecule has 0 fully saturated rings. The number of nitrogens with one attached hydrogen (secondary N) is 1. The highest BCUT2D eigenvalue weighted by molar-refractivity contribution is 6.31. The molecule has 4 heteroatoms. The molecular formula is C11H12ClNO2. The van der Waals surface area contributed by atoms with Crippen molar-refractivity contribution in [2.45, 2.75) is 25.9 Å². The van der Waals surface area contributed by atoms with Crippen LogP contribution in [-0.4, -0.2) is 12.0 Å². The van der Waals surface area contributed by atoms with E-state index in [4.69, 9.17) is 16.3 Å². The highest BCUT2D eigenvalue weighted by Gasteiger charge is 2.26. The molecule has 2 rings (SSSR count). The third kappa shape index (κ3) is 2.07. The number of halogens is 1. The van der Waals surface area contributed by atoms with E-state index in [1.807, 2.05) is 6.92 Å². The normalized spacial score (nSPS) is 19.1. The van der Waals surface area contributed by atoms with E-state index in [0.717, 1.165) is 12.8 Å². The quantitative estimate of drug-likeness (QED) is 0.841. The Bertz CT molecular complexity index is 392. The highest BCUT2D eigenvalue weighted by Crippen LogP contribution is 2.32. The summed E-state index contributed by atoms with van der Waals surface area (Å²) in [6.45, 7) is 2.02. The molecule has 1 unspecified atom stereocenters. The summed E-state index contributed by atoms with van der Waals surface area (Å²) >= 11 is 5.82. The first-order chi connectivity index (χ1) is 7.20. The third-order valence-corrected chi connectivity index (χ3v) is 2.55. The number of carbonyl (C=O) groups is 1. The average Bonchev–Trinajstić information content (AvgIpc) is 2.20. The average molecular weight is 226 g/mol. The van der Waals surface area contributed by atoms with E-state index in [1.54, 1.807) is 18.2 Å². The molecule has 0 aliphatic carbocycles. The monoisotopic (exact) mass is 225 g/mol. The summed E-state index contributed by atoms with van der Waals surface area (Å²) in [6, 6.07) is 5.22. The summed E-state index contributed by atoms with van der Waals surface area (Å²) in [7, 11) is 0. The second-order valence-electron chi connectivity index (χ2n) is 3.52. The molecule has 1 aromatic rings. The predicted molar refractivity (Wildman–Crippen MR) is 59.4 cm³/mol. The van der Waals surface area contributed by atoms with Crippen molar-refractivity contribution < 1.29 is 9.53 Å². The number of hydrogen-bond acceptors (Lipinski definition) is 2. The van der Waals surface area contributed by atoms with Crippen LogP contribution >= 0.6 is 11.6 Å². The van der Waals surface area contributed by atoms with E-state index in [9.17, 15) is 4.79 Å². The van der Waals surface area contributed by atoms with Crippen molar-refractivity contribution in [1.82, 2.24) is 0 Å². The summed E-state index contributed by atoms with van der Waals surface area (Å²) in [6.07, 6.45) is 1.28. The number of fused-ring (bicyclic) bond motifs is 1. The number of ether oxygens (including phenoxy) is 1. The van der Waals surface area contributed by atoms with E-state index >= 15 is 0 Å². The standard InChI is InChI=1S/C11H12ClNO2/c1-2-3-10-11(14)13-8-6-7(12)4-5-9(8)15-10/h4-6,10H,2-3H2,1H3,(H,13,14). The molecule has 1 aliphatic rings. The second kappa shape index (κ2) is 4.11. The summed E-state index contributed by atoms with van der Waals surface area (Å²) < 4.78 is 5.57. The van der Waals surface area contributed by atoms with E-state index in [1.165, 1.54) is 0 Å². The zero-order valence-electron chi connectivity index (χ0n) is 8.42.